The number of likely N-dealkylation sites (N-methyl/N-ethyl adjacent to an activating group) is 1. The molecule has 3 atom stereocenters. The first-order valence-corrected chi connectivity index (χ1v) is 13.6. The molecule has 0 aliphatic heterocycles. The van der Waals surface area contributed by atoms with E-state index in [-0.39, 0.29) is 48.1 Å². The number of benzene rings is 2. The van der Waals surface area contributed by atoms with Crippen LogP contribution in [0.3, 0.4) is 0 Å². The van der Waals surface area contributed by atoms with Gasteiger partial charge in [0, 0.05) is 25.2 Å². The molecule has 0 heterocycles. The number of nitrogens with one attached hydrogen (secondary N) is 1. The topological polar surface area (TPSA) is 89.5 Å². The van der Waals surface area contributed by atoms with E-state index in [0.717, 1.165) is 31.2 Å². The van der Waals surface area contributed by atoms with Gasteiger partial charge >= 0.3 is 5.97 Å². The monoisotopic (exact) mass is 509 g/mol. The fourth-order valence-electron chi connectivity index (χ4n) is 4.92. The lowest BCUT2D eigenvalue weighted by Gasteiger charge is -2.17. The number of Topliss-reactive ketones (excluding diaryl/α,β-unsaturated/α-hetero) is 3. The van der Waals surface area contributed by atoms with E-state index in [4.69, 9.17) is 4.74 Å². The summed E-state index contributed by atoms with van der Waals surface area (Å²) in [5.74, 6) is -1.01. The molecule has 1 N–H and O–H groups in total. The number of ether oxygens (including phenoxy) is 1. The average Bonchev–Trinajstić information content (AvgIpc) is 2.89. The van der Waals surface area contributed by atoms with E-state index < -0.39 is 5.92 Å². The molecule has 2 aromatic rings. The average molecular weight is 510 g/mol. The van der Waals surface area contributed by atoms with Gasteiger partial charge < -0.3 is 10.1 Å². The van der Waals surface area contributed by atoms with Crippen LogP contribution in [0.1, 0.15) is 77.2 Å². The van der Waals surface area contributed by atoms with Crippen LogP contribution in [0.2, 0.25) is 0 Å². The van der Waals surface area contributed by atoms with Gasteiger partial charge in [0.25, 0.3) is 0 Å². The molecule has 2 aromatic carbocycles. The molecule has 202 valence electrons. The SMILES string of the molecule is CCC[C@H](CC(=O)C[C@@H](CCCCCC(=O)[C@H](Cc1ccc2ccccc2c1)NC)C(=O)OC)C(C)=O. The van der Waals surface area contributed by atoms with Crippen molar-refractivity contribution in [1.82, 2.24) is 5.32 Å². The number of methoxy groups -OCH3 is 1. The van der Waals surface area contributed by atoms with Crippen LogP contribution in [0.4, 0.5) is 0 Å². The lowest BCUT2D eigenvalue weighted by molar-refractivity contribution is -0.147. The maximum atomic E-state index is 12.8. The van der Waals surface area contributed by atoms with Gasteiger partial charge in [-0.3, -0.25) is 19.2 Å². The Kier molecular flexibility index (Phi) is 13.2. The molecule has 0 saturated heterocycles. The summed E-state index contributed by atoms with van der Waals surface area (Å²) in [7, 11) is 3.15. The van der Waals surface area contributed by atoms with Gasteiger partial charge in [0.15, 0.2) is 0 Å². The third-order valence-electron chi connectivity index (χ3n) is 7.16. The maximum Gasteiger partial charge on any atom is 0.309 e. The molecule has 0 saturated carbocycles. The predicted octanol–water partition coefficient (Wildman–Crippen LogP) is 5.63. The van der Waals surface area contributed by atoms with Crippen LogP contribution in [-0.2, 0) is 30.3 Å². The van der Waals surface area contributed by atoms with Gasteiger partial charge in [-0.15, -0.1) is 0 Å². The standard InChI is InChI=1S/C31H43NO5/c1-5-11-25(22(2)33)20-28(34)21-27(31(36)37-4)14-7-6-8-15-30(35)29(32-3)19-23-16-17-24-12-9-10-13-26(24)18-23/h9-10,12-13,16-18,25,27,29,32H,5-8,11,14-15,19-21H2,1-4H3/t25-,27-,29+/m1/s1. The highest BCUT2D eigenvalue weighted by molar-refractivity contribution is 5.89. The van der Waals surface area contributed by atoms with Crippen molar-refractivity contribution in [3.05, 3.63) is 48.0 Å². The normalized spacial score (nSPS) is 13.6. The third kappa shape index (κ3) is 10.2. The second kappa shape index (κ2) is 16.1. The molecular formula is C31H43NO5. The summed E-state index contributed by atoms with van der Waals surface area (Å²) in [6.45, 7) is 3.51. The van der Waals surface area contributed by atoms with Crippen molar-refractivity contribution in [2.75, 3.05) is 14.2 Å². The Hall–Kier alpha value is -2.86. The summed E-state index contributed by atoms with van der Waals surface area (Å²) in [5.41, 5.74) is 1.13. The lowest BCUT2D eigenvalue weighted by Crippen LogP contribution is -2.36. The molecule has 0 aromatic heterocycles. The molecule has 0 spiro atoms. The highest BCUT2D eigenvalue weighted by Gasteiger charge is 2.25. The molecule has 0 aliphatic rings. The predicted molar refractivity (Wildman–Crippen MR) is 147 cm³/mol. The van der Waals surface area contributed by atoms with Crippen LogP contribution in [0.25, 0.3) is 10.8 Å². The van der Waals surface area contributed by atoms with Crippen LogP contribution in [0, 0.1) is 11.8 Å². The van der Waals surface area contributed by atoms with E-state index in [9.17, 15) is 19.2 Å². The molecule has 2 rings (SSSR count). The molecule has 6 nitrogen and oxygen atoms in total. The van der Waals surface area contributed by atoms with Gasteiger partial charge in [0.1, 0.15) is 17.3 Å². The third-order valence-corrected chi connectivity index (χ3v) is 7.16. The second-order valence-corrected chi connectivity index (χ2v) is 10.1. The Morgan fingerprint density at radius 2 is 1.59 bits per heavy atom. The second-order valence-electron chi connectivity index (χ2n) is 10.1. The summed E-state index contributed by atoms with van der Waals surface area (Å²) in [5, 5.41) is 5.52. The first-order valence-electron chi connectivity index (χ1n) is 13.6. The van der Waals surface area contributed by atoms with Gasteiger partial charge in [-0.25, -0.2) is 0 Å². The zero-order valence-corrected chi connectivity index (χ0v) is 22.9. The van der Waals surface area contributed by atoms with Crippen LogP contribution < -0.4 is 5.32 Å². The summed E-state index contributed by atoms with van der Waals surface area (Å²) < 4.78 is 4.92. The van der Waals surface area contributed by atoms with E-state index in [0.29, 0.717) is 25.7 Å². The first-order chi connectivity index (χ1) is 17.8. The quantitative estimate of drug-likeness (QED) is 0.207. The minimum Gasteiger partial charge on any atom is -0.469 e. The molecule has 0 unspecified atom stereocenters. The number of ketones is 3. The molecule has 0 fully saturated rings. The number of carbonyl (C=O) groups is 4. The zero-order valence-electron chi connectivity index (χ0n) is 22.9. The van der Waals surface area contributed by atoms with E-state index in [1.807, 2.05) is 26.1 Å². The number of hydrogen-bond acceptors (Lipinski definition) is 6. The lowest BCUT2D eigenvalue weighted by atomic mass is 9.88. The molecule has 0 amide bonds. The fraction of sp³-hybridized carbons (Fsp3) is 0.548. The Morgan fingerprint density at radius 1 is 0.892 bits per heavy atom. The van der Waals surface area contributed by atoms with Crippen LogP contribution in [-0.4, -0.2) is 43.5 Å². The van der Waals surface area contributed by atoms with Gasteiger partial charge in [0.2, 0.25) is 0 Å². The van der Waals surface area contributed by atoms with Crippen molar-refractivity contribution >= 4 is 34.1 Å². The van der Waals surface area contributed by atoms with Crippen LogP contribution >= 0.6 is 0 Å². The van der Waals surface area contributed by atoms with Crippen molar-refractivity contribution in [3.63, 3.8) is 0 Å². The number of esters is 1. The zero-order chi connectivity index (χ0) is 27.2. The van der Waals surface area contributed by atoms with Crippen molar-refractivity contribution in [2.45, 2.75) is 84.1 Å². The number of hydrogen-bond donors (Lipinski definition) is 1. The van der Waals surface area contributed by atoms with E-state index in [2.05, 4.69) is 35.6 Å². The minimum absolute atomic E-state index is 0.0231. The van der Waals surface area contributed by atoms with E-state index >= 15 is 0 Å². The van der Waals surface area contributed by atoms with Crippen molar-refractivity contribution in [3.8, 4) is 0 Å². The summed E-state index contributed by atoms with van der Waals surface area (Å²) in [6, 6.07) is 14.3. The van der Waals surface area contributed by atoms with Crippen molar-refractivity contribution in [2.24, 2.45) is 11.8 Å². The highest BCUT2D eigenvalue weighted by atomic mass is 16.5. The molecule has 0 bridgehead atoms. The maximum absolute atomic E-state index is 12.8. The van der Waals surface area contributed by atoms with Gasteiger partial charge in [-0.1, -0.05) is 68.7 Å². The molecule has 0 aliphatic carbocycles. The fourth-order valence-corrected chi connectivity index (χ4v) is 4.92. The first kappa shape index (κ1) is 30.4. The van der Waals surface area contributed by atoms with Gasteiger partial charge in [0.05, 0.1) is 19.1 Å². The summed E-state index contributed by atoms with van der Waals surface area (Å²) in [4.78, 5) is 49.4. The molecule has 0 radical (unpaired) electrons. The Labute approximate surface area is 221 Å². The van der Waals surface area contributed by atoms with Crippen LogP contribution in [0.5, 0.6) is 0 Å². The number of carbonyl (C=O) groups excluding carboxylic acids is 4. The summed E-state index contributed by atoms with van der Waals surface area (Å²) in [6.07, 6.45) is 5.74. The van der Waals surface area contributed by atoms with Crippen molar-refractivity contribution in [1.29, 1.82) is 0 Å². The number of fused-ring (bicyclic) bond motifs is 1. The molecular weight excluding hydrogens is 466 g/mol. The smallest absolute Gasteiger partial charge is 0.309 e. The van der Waals surface area contributed by atoms with E-state index in [1.165, 1.54) is 24.8 Å². The Balaban J connectivity index is 1.79. The molecule has 6 heteroatoms. The molecule has 37 heavy (non-hydrogen) atoms. The highest BCUT2D eigenvalue weighted by Crippen LogP contribution is 2.22. The Morgan fingerprint density at radius 3 is 2.24 bits per heavy atom. The minimum atomic E-state index is -0.500. The number of unbranched alkanes of at least 4 members (excludes halogenated alkanes) is 2. The summed E-state index contributed by atoms with van der Waals surface area (Å²) >= 11 is 0. The van der Waals surface area contributed by atoms with Gasteiger partial charge in [-0.2, -0.15) is 0 Å². The number of rotatable bonds is 18. The van der Waals surface area contributed by atoms with Crippen LogP contribution in [0.15, 0.2) is 42.5 Å². The van der Waals surface area contributed by atoms with Crippen molar-refractivity contribution < 1.29 is 23.9 Å². The Bertz CT molecular complexity index is 1050. The van der Waals surface area contributed by atoms with Gasteiger partial charge in [-0.05, 0) is 56.0 Å². The van der Waals surface area contributed by atoms with E-state index in [1.54, 1.807) is 0 Å². The largest absolute Gasteiger partial charge is 0.469 e.